The Labute approximate surface area is 208 Å². The number of aryl methyl sites for hydroxylation is 1. The van der Waals surface area contributed by atoms with Crippen LogP contribution in [0.3, 0.4) is 0 Å². The number of aromatic amines is 1. The summed E-state index contributed by atoms with van der Waals surface area (Å²) in [4.78, 5) is 13.2. The monoisotopic (exact) mass is 482 g/mol. The molecule has 0 saturated carbocycles. The molecule has 0 unspecified atom stereocenters. The molecular formula is C28H27FN6O. The van der Waals surface area contributed by atoms with E-state index >= 15 is 0 Å². The molecule has 0 bridgehead atoms. The van der Waals surface area contributed by atoms with Gasteiger partial charge in [-0.1, -0.05) is 66.2 Å². The molecule has 4 aromatic carbocycles. The zero-order chi connectivity index (χ0) is 25.7. The Morgan fingerprint density at radius 2 is 1.69 bits per heavy atom. The molecule has 7 N–H and O–H groups in total. The number of amides is 2. The fourth-order valence-corrected chi connectivity index (χ4v) is 3.90. The van der Waals surface area contributed by atoms with Crippen molar-refractivity contribution in [2.75, 3.05) is 10.6 Å². The van der Waals surface area contributed by atoms with E-state index in [0.29, 0.717) is 17.1 Å². The first kappa shape index (κ1) is 24.4. The summed E-state index contributed by atoms with van der Waals surface area (Å²) in [5.41, 5.74) is 22.3. The lowest BCUT2D eigenvalue weighted by molar-refractivity contribution is 0.256. The van der Waals surface area contributed by atoms with Gasteiger partial charge in [0.05, 0.1) is 22.3 Å². The van der Waals surface area contributed by atoms with E-state index in [0.717, 1.165) is 26.9 Å². The van der Waals surface area contributed by atoms with Crippen LogP contribution in [0.25, 0.3) is 22.0 Å². The van der Waals surface area contributed by atoms with Crippen LogP contribution in [0.5, 0.6) is 0 Å². The van der Waals surface area contributed by atoms with Crippen molar-refractivity contribution in [2.24, 2.45) is 11.5 Å². The molecular weight excluding hydrogens is 455 g/mol. The van der Waals surface area contributed by atoms with E-state index in [4.69, 9.17) is 17.2 Å². The van der Waals surface area contributed by atoms with Crippen LogP contribution in [-0.4, -0.2) is 16.2 Å². The van der Waals surface area contributed by atoms with E-state index in [9.17, 15) is 9.18 Å². The first-order valence-corrected chi connectivity index (χ1v) is 11.3. The Morgan fingerprint density at radius 1 is 0.972 bits per heavy atom. The zero-order valence-electron chi connectivity index (χ0n) is 19.8. The van der Waals surface area contributed by atoms with E-state index in [-0.39, 0.29) is 12.2 Å². The van der Waals surface area contributed by atoms with Gasteiger partial charge in [0.2, 0.25) is 0 Å². The summed E-state index contributed by atoms with van der Waals surface area (Å²) in [6.45, 7) is 2.30. The van der Waals surface area contributed by atoms with Gasteiger partial charge in [-0.2, -0.15) is 5.10 Å². The summed E-state index contributed by atoms with van der Waals surface area (Å²) < 4.78 is 14.4. The van der Waals surface area contributed by atoms with Crippen molar-refractivity contribution in [3.8, 4) is 11.1 Å². The van der Waals surface area contributed by atoms with Crippen molar-refractivity contribution in [2.45, 2.75) is 13.5 Å². The highest BCUT2D eigenvalue weighted by molar-refractivity contribution is 6.02. The Kier molecular flexibility index (Phi) is 7.27. The molecule has 7 nitrogen and oxygen atoms in total. The number of primary amides is 1. The average molecular weight is 483 g/mol. The van der Waals surface area contributed by atoms with E-state index < -0.39 is 11.8 Å². The molecule has 0 atom stereocenters. The van der Waals surface area contributed by atoms with Crippen LogP contribution in [0.2, 0.25) is 0 Å². The standard InChI is InChI=1S/C21H19FN6O.C7H8/c22-16-9-4-12(11-23)10-18(16)28(21(25)29)14-7-5-13(6-8-14)15-2-1-3-17-19(15)20(24)27-26-17;1-7-5-3-2-4-6-7/h1-10H,11,23H2,(H2,25,29)(H3,24,26,27);2-6H,1H3. The van der Waals surface area contributed by atoms with Crippen molar-refractivity contribution in [1.82, 2.24) is 10.2 Å². The molecule has 0 fully saturated rings. The molecule has 1 heterocycles. The Hall–Kier alpha value is -4.69. The molecule has 0 radical (unpaired) electrons. The lowest BCUT2D eigenvalue weighted by Crippen LogP contribution is -2.32. The first-order chi connectivity index (χ1) is 17.4. The molecule has 0 spiro atoms. The number of anilines is 3. The third-order valence-corrected chi connectivity index (χ3v) is 5.70. The second-order valence-electron chi connectivity index (χ2n) is 8.20. The summed E-state index contributed by atoms with van der Waals surface area (Å²) >= 11 is 0. The van der Waals surface area contributed by atoms with Crippen molar-refractivity contribution >= 4 is 34.1 Å². The molecule has 5 rings (SSSR count). The van der Waals surface area contributed by atoms with Gasteiger partial charge in [-0.15, -0.1) is 0 Å². The molecule has 0 aliphatic rings. The quantitative estimate of drug-likeness (QED) is 0.265. The maximum Gasteiger partial charge on any atom is 0.323 e. The summed E-state index contributed by atoms with van der Waals surface area (Å²) in [5.74, 6) is -0.167. The smallest absolute Gasteiger partial charge is 0.323 e. The number of nitrogens with two attached hydrogens (primary N) is 3. The van der Waals surface area contributed by atoms with Crippen LogP contribution in [0.15, 0.2) is 91.0 Å². The highest BCUT2D eigenvalue weighted by atomic mass is 19.1. The fraction of sp³-hybridized carbons (Fsp3) is 0.0714. The fourth-order valence-electron chi connectivity index (χ4n) is 3.90. The Morgan fingerprint density at radius 3 is 2.31 bits per heavy atom. The minimum absolute atomic E-state index is 0.0504. The molecule has 1 aromatic heterocycles. The second kappa shape index (κ2) is 10.7. The topological polar surface area (TPSA) is 127 Å². The lowest BCUT2D eigenvalue weighted by Gasteiger charge is -2.22. The normalized spacial score (nSPS) is 10.5. The second-order valence-corrected chi connectivity index (χ2v) is 8.20. The van der Waals surface area contributed by atoms with E-state index in [1.165, 1.54) is 17.7 Å². The number of carbonyl (C=O) groups is 1. The highest BCUT2D eigenvalue weighted by Gasteiger charge is 2.20. The predicted octanol–water partition coefficient (Wildman–Crippen LogP) is 5.62. The molecule has 0 aliphatic heterocycles. The van der Waals surface area contributed by atoms with Gasteiger partial charge in [0.25, 0.3) is 0 Å². The van der Waals surface area contributed by atoms with Gasteiger partial charge < -0.3 is 17.2 Å². The van der Waals surface area contributed by atoms with Crippen LogP contribution >= 0.6 is 0 Å². The Balaban J connectivity index is 0.000000375. The van der Waals surface area contributed by atoms with Gasteiger partial charge in [-0.05, 0) is 53.9 Å². The van der Waals surface area contributed by atoms with Crippen LogP contribution < -0.4 is 22.1 Å². The van der Waals surface area contributed by atoms with Gasteiger partial charge in [0.15, 0.2) is 5.82 Å². The lowest BCUT2D eigenvalue weighted by atomic mass is 10.0. The van der Waals surface area contributed by atoms with Gasteiger partial charge in [-0.25, -0.2) is 9.18 Å². The van der Waals surface area contributed by atoms with E-state index in [1.54, 1.807) is 18.2 Å². The number of nitrogens with one attached hydrogen (secondary N) is 1. The number of urea groups is 1. The van der Waals surface area contributed by atoms with Gasteiger partial charge >= 0.3 is 6.03 Å². The summed E-state index contributed by atoms with van der Waals surface area (Å²) in [6, 6.07) is 26.6. The Bertz CT molecular complexity index is 1480. The van der Waals surface area contributed by atoms with Crippen LogP contribution in [0.1, 0.15) is 11.1 Å². The van der Waals surface area contributed by atoms with Crippen LogP contribution in [0, 0.1) is 12.7 Å². The first-order valence-electron chi connectivity index (χ1n) is 11.3. The third-order valence-electron chi connectivity index (χ3n) is 5.70. The molecule has 0 saturated heterocycles. The minimum Gasteiger partial charge on any atom is -0.382 e. The number of hydrogen-bond acceptors (Lipinski definition) is 4. The average Bonchev–Trinajstić information content (AvgIpc) is 3.27. The molecule has 182 valence electrons. The number of benzene rings is 4. The number of fused-ring (bicyclic) bond motifs is 1. The van der Waals surface area contributed by atoms with Gasteiger partial charge in [-0.3, -0.25) is 10.00 Å². The maximum absolute atomic E-state index is 14.4. The number of H-pyrrole nitrogens is 1. The van der Waals surface area contributed by atoms with Gasteiger partial charge in [0.1, 0.15) is 5.82 Å². The SMILES string of the molecule is Cc1ccccc1.NCc1ccc(F)c(N(C(N)=O)c2ccc(-c3cccc4[nH]nc(N)c34)cc2)c1. The predicted molar refractivity (Wildman–Crippen MR) is 143 cm³/mol. The van der Waals surface area contributed by atoms with Crippen LogP contribution in [-0.2, 0) is 6.54 Å². The number of rotatable bonds is 4. The molecule has 8 heteroatoms. The number of nitrogens with zero attached hydrogens (tertiary/aromatic N) is 2. The highest BCUT2D eigenvalue weighted by Crippen LogP contribution is 2.34. The van der Waals surface area contributed by atoms with Crippen molar-refractivity contribution < 1.29 is 9.18 Å². The van der Waals surface area contributed by atoms with Crippen molar-refractivity contribution in [1.29, 1.82) is 0 Å². The number of nitrogen functional groups attached to an aromatic ring is 1. The van der Waals surface area contributed by atoms with E-state index in [2.05, 4.69) is 29.3 Å². The summed E-state index contributed by atoms with van der Waals surface area (Å²) in [5, 5.41) is 7.75. The van der Waals surface area contributed by atoms with Crippen molar-refractivity contribution in [3.05, 3.63) is 108 Å². The largest absolute Gasteiger partial charge is 0.382 e. The van der Waals surface area contributed by atoms with E-state index in [1.807, 2.05) is 48.5 Å². The molecule has 2 amide bonds. The van der Waals surface area contributed by atoms with Crippen molar-refractivity contribution in [3.63, 3.8) is 0 Å². The summed E-state index contributed by atoms with van der Waals surface area (Å²) in [6.07, 6.45) is 0. The number of hydrogen-bond donors (Lipinski definition) is 4. The molecule has 0 aliphatic carbocycles. The third kappa shape index (κ3) is 5.18. The number of carbonyl (C=O) groups excluding carboxylic acids is 1. The minimum atomic E-state index is -0.799. The molecule has 5 aromatic rings. The van der Waals surface area contributed by atoms with Crippen LogP contribution in [0.4, 0.5) is 26.4 Å². The number of halogens is 1. The molecule has 36 heavy (non-hydrogen) atoms. The zero-order valence-corrected chi connectivity index (χ0v) is 19.8. The summed E-state index contributed by atoms with van der Waals surface area (Å²) in [7, 11) is 0. The maximum atomic E-state index is 14.4. The van der Waals surface area contributed by atoms with Gasteiger partial charge in [0, 0.05) is 6.54 Å². The number of aromatic nitrogens is 2.